The zero-order chi connectivity index (χ0) is 16.9. The number of H-pyrrole nitrogens is 1. The fourth-order valence-electron chi connectivity index (χ4n) is 3.82. The van der Waals surface area contributed by atoms with E-state index in [2.05, 4.69) is 29.1 Å². The first kappa shape index (κ1) is 14.8. The molecule has 8 heteroatoms. The first-order valence-electron chi connectivity index (χ1n) is 8.51. The van der Waals surface area contributed by atoms with Gasteiger partial charge < -0.3 is 14.8 Å². The van der Waals surface area contributed by atoms with E-state index in [1.54, 1.807) is 12.5 Å². The van der Waals surface area contributed by atoms with Crippen LogP contribution in [0.1, 0.15) is 29.6 Å². The van der Waals surface area contributed by atoms with Gasteiger partial charge in [-0.2, -0.15) is 0 Å². The third kappa shape index (κ3) is 2.39. The van der Waals surface area contributed by atoms with E-state index in [0.717, 1.165) is 55.7 Å². The van der Waals surface area contributed by atoms with Crippen molar-refractivity contribution in [1.29, 1.82) is 0 Å². The summed E-state index contributed by atoms with van der Waals surface area (Å²) in [6.07, 6.45) is 8.22. The van der Waals surface area contributed by atoms with Gasteiger partial charge in [0.25, 0.3) is 5.91 Å². The van der Waals surface area contributed by atoms with E-state index >= 15 is 0 Å². The molecule has 1 amide bonds. The third-order valence-electron chi connectivity index (χ3n) is 5.25. The van der Waals surface area contributed by atoms with E-state index in [9.17, 15) is 4.79 Å². The Balaban J connectivity index is 1.47. The molecule has 4 heterocycles. The number of carbonyl (C=O) groups excluding carboxylic acids is 1. The number of fused-ring (bicyclic) bond motifs is 1. The second kappa shape index (κ2) is 5.52. The lowest BCUT2D eigenvalue weighted by Gasteiger charge is -2.32. The number of hydrogen-bond acceptors (Lipinski definition) is 6. The van der Waals surface area contributed by atoms with E-state index in [1.807, 2.05) is 17.6 Å². The Labute approximate surface area is 148 Å². The highest BCUT2D eigenvalue weighted by Crippen LogP contribution is 2.45. The number of hydrogen-bond donors (Lipinski definition) is 1. The number of anilines is 1. The van der Waals surface area contributed by atoms with Crippen molar-refractivity contribution in [2.45, 2.75) is 24.8 Å². The number of aromatic nitrogens is 4. The smallest absolute Gasteiger partial charge is 0.256 e. The number of rotatable bonds is 2. The van der Waals surface area contributed by atoms with Gasteiger partial charge in [0.15, 0.2) is 0 Å². The molecule has 5 rings (SSSR count). The average Bonchev–Trinajstić information content (AvgIpc) is 3.05. The number of amides is 1. The van der Waals surface area contributed by atoms with Crippen LogP contribution in [0.3, 0.4) is 0 Å². The number of carbonyl (C=O) groups is 1. The van der Waals surface area contributed by atoms with Crippen LogP contribution in [-0.2, 0) is 0 Å². The van der Waals surface area contributed by atoms with Crippen molar-refractivity contribution < 1.29 is 4.79 Å². The average molecular weight is 354 g/mol. The van der Waals surface area contributed by atoms with Crippen molar-refractivity contribution in [2.24, 2.45) is 0 Å². The first-order valence-corrected chi connectivity index (χ1v) is 9.35. The number of nitrogens with zero attached hydrogens (tertiary/aromatic N) is 5. The summed E-state index contributed by atoms with van der Waals surface area (Å²) in [7, 11) is 0. The molecule has 0 atom stereocenters. The lowest BCUT2D eigenvalue weighted by molar-refractivity contribution is 0.0670. The Morgan fingerprint density at radius 1 is 1.28 bits per heavy atom. The lowest BCUT2D eigenvalue weighted by atomic mass is 10.1. The molecule has 7 nitrogen and oxygen atoms in total. The van der Waals surface area contributed by atoms with Crippen LogP contribution in [0, 0.1) is 0 Å². The van der Waals surface area contributed by atoms with Crippen LogP contribution in [0.5, 0.6) is 0 Å². The maximum Gasteiger partial charge on any atom is 0.256 e. The molecule has 1 aliphatic carbocycles. The van der Waals surface area contributed by atoms with Gasteiger partial charge in [-0.15, -0.1) is 0 Å². The van der Waals surface area contributed by atoms with Gasteiger partial charge in [-0.1, -0.05) is 0 Å². The summed E-state index contributed by atoms with van der Waals surface area (Å²) in [6.45, 7) is 2.50. The Morgan fingerprint density at radius 3 is 3.00 bits per heavy atom. The van der Waals surface area contributed by atoms with E-state index < -0.39 is 0 Å². The molecule has 2 fully saturated rings. The van der Waals surface area contributed by atoms with Gasteiger partial charge >= 0.3 is 0 Å². The van der Waals surface area contributed by atoms with Crippen molar-refractivity contribution in [3.63, 3.8) is 0 Å². The minimum atomic E-state index is -0.0664. The van der Waals surface area contributed by atoms with Gasteiger partial charge in [0.2, 0.25) is 0 Å². The van der Waals surface area contributed by atoms with Crippen molar-refractivity contribution in [3.8, 4) is 0 Å². The molecule has 128 valence electrons. The number of aromatic amines is 1. The molecular formula is C17H18N6OS. The summed E-state index contributed by atoms with van der Waals surface area (Å²) in [5.41, 5.74) is 1.50. The van der Waals surface area contributed by atoms with E-state index in [0.29, 0.717) is 5.56 Å². The van der Waals surface area contributed by atoms with E-state index in [4.69, 9.17) is 0 Å². The highest BCUT2D eigenvalue weighted by molar-refractivity contribution is 7.03. The minimum Gasteiger partial charge on any atom is -0.354 e. The van der Waals surface area contributed by atoms with Crippen molar-refractivity contribution in [1.82, 2.24) is 24.2 Å². The standard InChI is InChI=1S/C17H18N6OS/c24-16(12-8-21-25-9-12)23-7-1-6-22(10-17(23)3-4-17)15-13-2-5-18-14(13)19-11-20-15/h2,5,8-9,11H,1,3-4,6-7,10H2,(H,18,19,20). The fraction of sp³-hybridized carbons (Fsp3) is 0.412. The molecule has 25 heavy (non-hydrogen) atoms. The molecule has 2 aliphatic rings. The van der Waals surface area contributed by atoms with E-state index in [-0.39, 0.29) is 11.4 Å². The summed E-state index contributed by atoms with van der Waals surface area (Å²) >= 11 is 1.33. The maximum atomic E-state index is 12.9. The zero-order valence-electron chi connectivity index (χ0n) is 13.7. The maximum absolute atomic E-state index is 12.9. The SMILES string of the molecule is O=C(c1cnsc1)N1CCCN(c2ncnc3[nH]ccc23)CC12CC2. The van der Waals surface area contributed by atoms with Crippen LogP contribution in [0.15, 0.2) is 30.2 Å². The molecule has 0 bridgehead atoms. The van der Waals surface area contributed by atoms with Gasteiger partial charge in [-0.3, -0.25) is 4.79 Å². The predicted octanol–water partition coefficient (Wildman–Crippen LogP) is 2.30. The summed E-state index contributed by atoms with van der Waals surface area (Å²) in [5, 5.41) is 2.88. The van der Waals surface area contributed by atoms with Gasteiger partial charge in [-0.05, 0) is 36.9 Å². The van der Waals surface area contributed by atoms with Crippen molar-refractivity contribution in [3.05, 3.63) is 35.7 Å². The van der Waals surface area contributed by atoms with Crippen LogP contribution in [0.2, 0.25) is 0 Å². The van der Waals surface area contributed by atoms with Crippen LogP contribution >= 0.6 is 11.5 Å². The predicted molar refractivity (Wildman–Crippen MR) is 95.8 cm³/mol. The quantitative estimate of drug-likeness (QED) is 0.764. The molecular weight excluding hydrogens is 336 g/mol. The largest absolute Gasteiger partial charge is 0.354 e. The van der Waals surface area contributed by atoms with Crippen LogP contribution < -0.4 is 4.90 Å². The topological polar surface area (TPSA) is 78.0 Å². The Bertz CT molecular complexity index is 916. The molecule has 3 aromatic rings. The molecule has 0 radical (unpaired) electrons. The van der Waals surface area contributed by atoms with Gasteiger partial charge in [0.1, 0.15) is 17.8 Å². The van der Waals surface area contributed by atoms with Crippen LogP contribution in [0.4, 0.5) is 5.82 Å². The van der Waals surface area contributed by atoms with Gasteiger partial charge in [-0.25, -0.2) is 14.3 Å². The molecule has 1 spiro atoms. The van der Waals surface area contributed by atoms with Crippen LogP contribution in [-0.4, -0.2) is 55.3 Å². The second-order valence-corrected chi connectivity index (χ2v) is 7.46. The van der Waals surface area contributed by atoms with E-state index in [1.165, 1.54) is 11.5 Å². The molecule has 1 saturated carbocycles. The third-order valence-corrected chi connectivity index (χ3v) is 5.84. The Kier molecular flexibility index (Phi) is 3.27. The molecule has 1 aliphatic heterocycles. The molecule has 3 aromatic heterocycles. The Morgan fingerprint density at radius 2 is 2.20 bits per heavy atom. The van der Waals surface area contributed by atoms with Crippen molar-refractivity contribution >= 4 is 34.3 Å². The molecule has 0 unspecified atom stereocenters. The normalized spacial score (nSPS) is 19.4. The Hall–Kier alpha value is -2.48. The highest BCUT2D eigenvalue weighted by atomic mass is 32.1. The minimum absolute atomic E-state index is 0.0664. The summed E-state index contributed by atoms with van der Waals surface area (Å²) in [6, 6.07) is 2.02. The zero-order valence-corrected chi connectivity index (χ0v) is 14.5. The monoisotopic (exact) mass is 354 g/mol. The lowest BCUT2D eigenvalue weighted by Crippen LogP contribution is -2.46. The first-order chi connectivity index (χ1) is 12.3. The summed E-state index contributed by atoms with van der Waals surface area (Å²) in [4.78, 5) is 29.3. The molecule has 0 aromatic carbocycles. The highest BCUT2D eigenvalue weighted by Gasteiger charge is 2.52. The summed E-state index contributed by atoms with van der Waals surface area (Å²) < 4.78 is 4.08. The molecule has 1 N–H and O–H groups in total. The molecule has 1 saturated heterocycles. The second-order valence-electron chi connectivity index (χ2n) is 6.81. The van der Waals surface area contributed by atoms with Crippen molar-refractivity contribution in [2.75, 3.05) is 24.5 Å². The summed E-state index contributed by atoms with van der Waals surface area (Å²) in [5.74, 6) is 1.08. The van der Waals surface area contributed by atoms with Gasteiger partial charge in [0.05, 0.1) is 22.7 Å². The fourth-order valence-corrected chi connectivity index (χ4v) is 4.33. The van der Waals surface area contributed by atoms with Crippen LogP contribution in [0.25, 0.3) is 11.0 Å². The van der Waals surface area contributed by atoms with Gasteiger partial charge in [0, 0.05) is 31.2 Å². The number of nitrogens with one attached hydrogen (secondary N) is 1.